The molecular formula is C25H29FN4O2. The summed E-state index contributed by atoms with van der Waals surface area (Å²) in [5, 5.41) is 1.08. The Bertz CT molecular complexity index is 1280. The van der Waals surface area contributed by atoms with Gasteiger partial charge >= 0.3 is 5.76 Å². The Morgan fingerprint density at radius 2 is 1.84 bits per heavy atom. The zero-order chi connectivity index (χ0) is 22.2. The molecule has 3 heterocycles. The summed E-state index contributed by atoms with van der Waals surface area (Å²) in [7, 11) is 0. The number of fused-ring (bicyclic) bond motifs is 2. The van der Waals surface area contributed by atoms with Gasteiger partial charge < -0.3 is 13.9 Å². The summed E-state index contributed by atoms with van der Waals surface area (Å²) in [4.78, 5) is 19.3. The van der Waals surface area contributed by atoms with E-state index in [1.165, 1.54) is 6.07 Å². The number of anilines is 1. The van der Waals surface area contributed by atoms with Crippen molar-refractivity contribution in [2.45, 2.75) is 45.3 Å². The van der Waals surface area contributed by atoms with Gasteiger partial charge in [0.15, 0.2) is 5.58 Å². The minimum Gasteiger partial charge on any atom is -0.406 e. The lowest BCUT2D eigenvalue weighted by Gasteiger charge is -2.45. The lowest BCUT2D eigenvalue weighted by molar-refractivity contribution is 0.129. The van der Waals surface area contributed by atoms with Crippen molar-refractivity contribution in [3.05, 3.63) is 65.0 Å². The van der Waals surface area contributed by atoms with Crippen LogP contribution in [0.15, 0.2) is 57.9 Å². The maximum Gasteiger partial charge on any atom is 0.417 e. The minimum atomic E-state index is -0.412. The average Bonchev–Trinajstić information content (AvgIpc) is 3.34. The largest absolute Gasteiger partial charge is 0.417 e. The van der Waals surface area contributed by atoms with Crippen molar-refractivity contribution >= 4 is 27.7 Å². The van der Waals surface area contributed by atoms with E-state index in [1.54, 1.807) is 6.07 Å². The van der Waals surface area contributed by atoms with Crippen LogP contribution in [0, 0.1) is 5.82 Å². The van der Waals surface area contributed by atoms with Crippen LogP contribution in [0.1, 0.15) is 26.7 Å². The van der Waals surface area contributed by atoms with Crippen molar-refractivity contribution in [3.63, 3.8) is 0 Å². The van der Waals surface area contributed by atoms with E-state index in [4.69, 9.17) is 4.42 Å². The second-order valence-corrected chi connectivity index (χ2v) is 8.93. The molecule has 0 bridgehead atoms. The van der Waals surface area contributed by atoms with Gasteiger partial charge in [-0.3, -0.25) is 9.88 Å². The van der Waals surface area contributed by atoms with Gasteiger partial charge in [-0.25, -0.2) is 9.18 Å². The van der Waals surface area contributed by atoms with Gasteiger partial charge in [0.25, 0.3) is 0 Å². The third kappa shape index (κ3) is 3.93. The van der Waals surface area contributed by atoms with Crippen LogP contribution in [0.4, 0.5) is 10.1 Å². The van der Waals surface area contributed by atoms with Crippen molar-refractivity contribution < 1.29 is 8.81 Å². The van der Waals surface area contributed by atoms with E-state index in [0.717, 1.165) is 61.1 Å². The SMILES string of the molecule is C[C@@H]1CN(c2cccc3[nH]c(=O)oc23)C[C@H](C)N1CCCCn1ccc2ccc(F)cc21. The fourth-order valence-corrected chi connectivity index (χ4v) is 5.13. The lowest BCUT2D eigenvalue weighted by atomic mass is 10.1. The number of nitrogens with zero attached hydrogens (tertiary/aromatic N) is 3. The normalized spacial score (nSPS) is 19.9. The fourth-order valence-electron chi connectivity index (χ4n) is 5.13. The first-order chi connectivity index (χ1) is 15.5. The number of oxazole rings is 1. The molecule has 1 aliphatic heterocycles. The molecule has 5 rings (SSSR count). The Labute approximate surface area is 186 Å². The van der Waals surface area contributed by atoms with Crippen LogP contribution in [0.2, 0.25) is 0 Å². The molecule has 1 aliphatic rings. The van der Waals surface area contributed by atoms with Gasteiger partial charge in [0, 0.05) is 37.9 Å². The van der Waals surface area contributed by atoms with Gasteiger partial charge in [0.1, 0.15) is 5.82 Å². The molecule has 2 aromatic carbocycles. The summed E-state index contributed by atoms with van der Waals surface area (Å²) >= 11 is 0. The van der Waals surface area contributed by atoms with E-state index in [-0.39, 0.29) is 5.82 Å². The average molecular weight is 437 g/mol. The predicted octanol–water partition coefficient (Wildman–Crippen LogP) is 4.59. The molecule has 1 saturated heterocycles. The number of nitrogens with one attached hydrogen (secondary N) is 1. The number of rotatable bonds is 6. The first-order valence-corrected chi connectivity index (χ1v) is 11.4. The highest BCUT2D eigenvalue weighted by Gasteiger charge is 2.30. The zero-order valence-corrected chi connectivity index (χ0v) is 18.6. The van der Waals surface area contributed by atoms with Gasteiger partial charge in [-0.15, -0.1) is 0 Å². The summed E-state index contributed by atoms with van der Waals surface area (Å²) < 4.78 is 21.2. The van der Waals surface area contributed by atoms with Crippen LogP contribution in [-0.4, -0.2) is 46.2 Å². The number of hydrogen-bond donors (Lipinski definition) is 1. The van der Waals surface area contributed by atoms with Crippen LogP contribution >= 0.6 is 0 Å². The number of aromatic nitrogens is 2. The number of piperazine rings is 1. The molecule has 7 heteroatoms. The van der Waals surface area contributed by atoms with Crippen molar-refractivity contribution in [3.8, 4) is 0 Å². The Morgan fingerprint density at radius 3 is 2.66 bits per heavy atom. The summed E-state index contributed by atoms with van der Waals surface area (Å²) in [6.07, 6.45) is 4.19. The van der Waals surface area contributed by atoms with Crippen LogP contribution in [-0.2, 0) is 6.54 Å². The summed E-state index contributed by atoms with van der Waals surface area (Å²) in [5.41, 5.74) is 3.32. The van der Waals surface area contributed by atoms with E-state index in [2.05, 4.69) is 33.2 Å². The highest BCUT2D eigenvalue weighted by atomic mass is 19.1. The van der Waals surface area contributed by atoms with Crippen LogP contribution in [0.3, 0.4) is 0 Å². The van der Waals surface area contributed by atoms with E-state index in [0.29, 0.717) is 17.7 Å². The van der Waals surface area contributed by atoms with Crippen molar-refractivity contribution in [2.75, 3.05) is 24.5 Å². The molecule has 2 atom stereocenters. The number of benzene rings is 2. The lowest BCUT2D eigenvalue weighted by Crippen LogP contribution is -2.57. The zero-order valence-electron chi connectivity index (χ0n) is 18.6. The Kier molecular flexibility index (Phi) is 5.51. The van der Waals surface area contributed by atoms with Gasteiger partial charge in [-0.2, -0.15) is 0 Å². The monoisotopic (exact) mass is 436 g/mol. The maximum atomic E-state index is 13.6. The standard InChI is InChI=1S/C25H29FN4O2/c1-17-15-29(22-7-5-6-21-24(22)32-25(31)27-21)16-18(2)30(17)12-4-3-11-28-13-10-19-8-9-20(26)14-23(19)28/h5-10,13-14,17-18H,3-4,11-12,15-16H2,1-2H3,(H,27,31)/t17-,18+. The predicted molar refractivity (Wildman–Crippen MR) is 126 cm³/mol. The van der Waals surface area contributed by atoms with Crippen molar-refractivity contribution in [1.82, 2.24) is 14.5 Å². The molecule has 0 saturated carbocycles. The van der Waals surface area contributed by atoms with Crippen LogP contribution in [0.25, 0.3) is 22.0 Å². The fraction of sp³-hybridized carbons (Fsp3) is 0.400. The first-order valence-electron chi connectivity index (χ1n) is 11.4. The second-order valence-electron chi connectivity index (χ2n) is 8.93. The molecule has 0 unspecified atom stereocenters. The van der Waals surface area contributed by atoms with Gasteiger partial charge in [0.2, 0.25) is 0 Å². The number of halogens is 1. The molecule has 4 aromatic rings. The summed E-state index contributed by atoms with van der Waals surface area (Å²) in [6.45, 7) is 8.23. The maximum absolute atomic E-state index is 13.6. The molecule has 2 aromatic heterocycles. The van der Waals surface area contributed by atoms with Crippen LogP contribution in [0.5, 0.6) is 0 Å². The number of aromatic amines is 1. The molecule has 0 radical (unpaired) electrons. The Balaban J connectivity index is 1.20. The Hall–Kier alpha value is -3.06. The van der Waals surface area contributed by atoms with Gasteiger partial charge in [-0.05, 0) is 75.0 Å². The van der Waals surface area contributed by atoms with Crippen molar-refractivity contribution in [1.29, 1.82) is 0 Å². The molecule has 1 fully saturated rings. The molecule has 0 spiro atoms. The third-order valence-electron chi connectivity index (χ3n) is 6.67. The molecule has 1 N–H and O–H groups in total. The molecule has 168 valence electrons. The molecule has 0 amide bonds. The molecular weight excluding hydrogens is 407 g/mol. The van der Waals surface area contributed by atoms with Crippen LogP contribution < -0.4 is 10.7 Å². The number of para-hydroxylation sites is 1. The Morgan fingerprint density at radius 1 is 1.06 bits per heavy atom. The van der Waals surface area contributed by atoms with Gasteiger partial charge in [-0.1, -0.05) is 6.07 Å². The summed E-state index contributed by atoms with van der Waals surface area (Å²) in [6, 6.07) is 13.6. The first kappa shape index (κ1) is 20.8. The van der Waals surface area contributed by atoms with E-state index in [1.807, 2.05) is 36.5 Å². The highest BCUT2D eigenvalue weighted by Crippen LogP contribution is 2.29. The third-order valence-corrected chi connectivity index (χ3v) is 6.67. The number of aryl methyl sites for hydroxylation is 1. The van der Waals surface area contributed by atoms with E-state index in [9.17, 15) is 9.18 Å². The quantitative estimate of drug-likeness (QED) is 0.449. The molecule has 0 aliphatic carbocycles. The van der Waals surface area contributed by atoms with Gasteiger partial charge in [0.05, 0.1) is 16.7 Å². The number of unbranched alkanes of at least 4 members (excludes halogenated alkanes) is 1. The van der Waals surface area contributed by atoms with E-state index < -0.39 is 5.76 Å². The smallest absolute Gasteiger partial charge is 0.406 e. The molecule has 6 nitrogen and oxygen atoms in total. The number of H-pyrrole nitrogens is 1. The summed E-state index contributed by atoms with van der Waals surface area (Å²) in [5.74, 6) is -0.599. The highest BCUT2D eigenvalue weighted by molar-refractivity contribution is 5.86. The second kappa shape index (κ2) is 8.47. The number of hydrogen-bond acceptors (Lipinski definition) is 4. The molecule has 32 heavy (non-hydrogen) atoms. The topological polar surface area (TPSA) is 57.4 Å². The van der Waals surface area contributed by atoms with Crippen molar-refractivity contribution in [2.24, 2.45) is 0 Å². The minimum absolute atomic E-state index is 0.187. The van der Waals surface area contributed by atoms with E-state index >= 15 is 0 Å².